The molecule has 5 heteroatoms. The SMILES string of the molecule is CC(C(=O)N1CCCC1)N1CCCC(C)(C)C1C(=O)O. The van der Waals surface area contributed by atoms with E-state index in [1.165, 1.54) is 0 Å². The van der Waals surface area contributed by atoms with Crippen molar-refractivity contribution < 1.29 is 14.7 Å². The molecule has 0 aromatic carbocycles. The molecule has 1 N–H and O–H groups in total. The van der Waals surface area contributed by atoms with E-state index >= 15 is 0 Å². The molecule has 2 atom stereocenters. The number of aliphatic carboxylic acids is 1. The Kier molecular flexibility index (Phi) is 4.37. The van der Waals surface area contributed by atoms with Crippen molar-refractivity contribution in [2.75, 3.05) is 19.6 Å². The standard InChI is InChI=1S/C15H26N2O3/c1-11(13(18)16-8-4-5-9-16)17-10-6-7-15(2,3)12(17)14(19)20/h11-12H,4-10H2,1-3H3,(H,19,20). The van der Waals surface area contributed by atoms with Crippen molar-refractivity contribution in [1.29, 1.82) is 0 Å². The van der Waals surface area contributed by atoms with Crippen molar-refractivity contribution in [1.82, 2.24) is 9.80 Å². The molecular formula is C15H26N2O3. The fraction of sp³-hybridized carbons (Fsp3) is 0.867. The molecule has 2 fully saturated rings. The zero-order chi connectivity index (χ0) is 14.9. The highest BCUT2D eigenvalue weighted by atomic mass is 16.4. The topological polar surface area (TPSA) is 60.9 Å². The maximum atomic E-state index is 12.5. The fourth-order valence-electron chi connectivity index (χ4n) is 3.67. The van der Waals surface area contributed by atoms with E-state index < -0.39 is 12.0 Å². The van der Waals surface area contributed by atoms with Crippen molar-refractivity contribution in [3.05, 3.63) is 0 Å². The molecule has 2 heterocycles. The van der Waals surface area contributed by atoms with Crippen LogP contribution in [0.1, 0.15) is 46.5 Å². The molecule has 0 aromatic heterocycles. The molecule has 0 spiro atoms. The van der Waals surface area contributed by atoms with Crippen LogP contribution in [-0.4, -0.2) is 58.5 Å². The number of amides is 1. The van der Waals surface area contributed by atoms with Gasteiger partial charge in [0.1, 0.15) is 6.04 Å². The minimum absolute atomic E-state index is 0.0893. The van der Waals surface area contributed by atoms with Gasteiger partial charge in [0.2, 0.25) is 5.91 Å². The molecule has 0 radical (unpaired) electrons. The molecule has 5 nitrogen and oxygen atoms in total. The first kappa shape index (κ1) is 15.3. The molecule has 0 saturated carbocycles. The summed E-state index contributed by atoms with van der Waals surface area (Å²) in [4.78, 5) is 28.0. The monoisotopic (exact) mass is 282 g/mol. The van der Waals surface area contributed by atoms with E-state index in [0.717, 1.165) is 38.8 Å². The van der Waals surface area contributed by atoms with Crippen LogP contribution in [0.2, 0.25) is 0 Å². The van der Waals surface area contributed by atoms with Crippen molar-refractivity contribution in [2.45, 2.75) is 58.5 Å². The van der Waals surface area contributed by atoms with Gasteiger partial charge in [-0.05, 0) is 44.6 Å². The van der Waals surface area contributed by atoms with Gasteiger partial charge in [-0.25, -0.2) is 0 Å². The molecule has 2 saturated heterocycles. The van der Waals surface area contributed by atoms with E-state index in [2.05, 4.69) is 0 Å². The van der Waals surface area contributed by atoms with Gasteiger partial charge < -0.3 is 10.0 Å². The molecule has 2 unspecified atom stereocenters. The van der Waals surface area contributed by atoms with E-state index in [1.807, 2.05) is 30.6 Å². The Morgan fingerprint density at radius 3 is 2.30 bits per heavy atom. The first-order chi connectivity index (χ1) is 9.34. The second-order valence-corrected chi connectivity index (χ2v) is 6.78. The smallest absolute Gasteiger partial charge is 0.321 e. The summed E-state index contributed by atoms with van der Waals surface area (Å²) < 4.78 is 0. The van der Waals surface area contributed by atoms with E-state index in [9.17, 15) is 14.7 Å². The highest BCUT2D eigenvalue weighted by Gasteiger charge is 2.46. The third-order valence-electron chi connectivity index (χ3n) is 4.82. The first-order valence-electron chi connectivity index (χ1n) is 7.62. The molecule has 1 amide bonds. The summed E-state index contributed by atoms with van der Waals surface area (Å²) in [5.74, 6) is -0.720. The van der Waals surface area contributed by atoms with Gasteiger partial charge in [-0.3, -0.25) is 14.5 Å². The van der Waals surface area contributed by atoms with E-state index in [4.69, 9.17) is 0 Å². The average molecular weight is 282 g/mol. The van der Waals surface area contributed by atoms with Gasteiger partial charge in [0, 0.05) is 13.1 Å². The van der Waals surface area contributed by atoms with Crippen molar-refractivity contribution in [2.24, 2.45) is 5.41 Å². The van der Waals surface area contributed by atoms with Crippen LogP contribution in [0.25, 0.3) is 0 Å². The third kappa shape index (κ3) is 2.82. The number of nitrogens with zero attached hydrogens (tertiary/aromatic N) is 2. The minimum atomic E-state index is -0.809. The summed E-state index contributed by atoms with van der Waals surface area (Å²) in [5, 5.41) is 9.57. The first-order valence-corrected chi connectivity index (χ1v) is 7.62. The molecule has 0 bridgehead atoms. The lowest BCUT2D eigenvalue weighted by Crippen LogP contribution is -2.60. The highest BCUT2D eigenvalue weighted by molar-refractivity contribution is 5.83. The summed E-state index contributed by atoms with van der Waals surface area (Å²) in [6.07, 6.45) is 3.97. The van der Waals surface area contributed by atoms with E-state index in [0.29, 0.717) is 6.54 Å². The number of carbonyl (C=O) groups excluding carboxylic acids is 1. The lowest BCUT2D eigenvalue weighted by Gasteiger charge is -2.46. The van der Waals surface area contributed by atoms with E-state index in [-0.39, 0.29) is 17.4 Å². The highest BCUT2D eigenvalue weighted by Crippen LogP contribution is 2.36. The Labute approximate surface area is 120 Å². The van der Waals surface area contributed by atoms with E-state index in [1.54, 1.807) is 0 Å². The second-order valence-electron chi connectivity index (χ2n) is 6.78. The van der Waals surface area contributed by atoms with Gasteiger partial charge in [-0.1, -0.05) is 13.8 Å². The van der Waals surface area contributed by atoms with Gasteiger partial charge in [-0.2, -0.15) is 0 Å². The lowest BCUT2D eigenvalue weighted by molar-refractivity contribution is -0.155. The van der Waals surface area contributed by atoms with Crippen LogP contribution in [0.3, 0.4) is 0 Å². The Hall–Kier alpha value is -1.10. The van der Waals surface area contributed by atoms with Crippen molar-refractivity contribution in [3.8, 4) is 0 Å². The van der Waals surface area contributed by atoms with Crippen LogP contribution < -0.4 is 0 Å². The Morgan fingerprint density at radius 2 is 1.75 bits per heavy atom. The predicted octanol–water partition coefficient (Wildman–Crippen LogP) is 1.57. The number of likely N-dealkylation sites (tertiary alicyclic amines) is 2. The third-order valence-corrected chi connectivity index (χ3v) is 4.82. The fourth-order valence-corrected chi connectivity index (χ4v) is 3.67. The average Bonchev–Trinajstić information content (AvgIpc) is 2.88. The van der Waals surface area contributed by atoms with Gasteiger partial charge in [0.15, 0.2) is 0 Å². The molecule has 2 aliphatic rings. The van der Waals surface area contributed by atoms with Crippen LogP contribution in [0.4, 0.5) is 0 Å². The molecule has 0 aliphatic carbocycles. The largest absolute Gasteiger partial charge is 0.480 e. The molecule has 0 aromatic rings. The lowest BCUT2D eigenvalue weighted by atomic mass is 9.75. The van der Waals surface area contributed by atoms with Crippen molar-refractivity contribution >= 4 is 11.9 Å². The summed E-state index contributed by atoms with van der Waals surface area (Å²) >= 11 is 0. The Bertz CT molecular complexity index is 389. The minimum Gasteiger partial charge on any atom is -0.480 e. The maximum absolute atomic E-state index is 12.5. The zero-order valence-electron chi connectivity index (χ0n) is 12.8. The Balaban J connectivity index is 2.15. The summed E-state index contributed by atoms with van der Waals surface area (Å²) in [5.41, 5.74) is -0.288. The maximum Gasteiger partial charge on any atom is 0.321 e. The van der Waals surface area contributed by atoms with Crippen LogP contribution in [0.15, 0.2) is 0 Å². The molecule has 2 aliphatic heterocycles. The molecule has 114 valence electrons. The van der Waals surface area contributed by atoms with Gasteiger partial charge in [0.05, 0.1) is 6.04 Å². The van der Waals surface area contributed by atoms with Crippen LogP contribution in [-0.2, 0) is 9.59 Å². The number of hydrogen-bond acceptors (Lipinski definition) is 3. The second kappa shape index (κ2) is 5.72. The zero-order valence-corrected chi connectivity index (χ0v) is 12.8. The molecule has 20 heavy (non-hydrogen) atoms. The van der Waals surface area contributed by atoms with Crippen LogP contribution in [0, 0.1) is 5.41 Å². The summed E-state index contributed by atoms with van der Waals surface area (Å²) in [6.45, 7) is 8.17. The number of piperidine rings is 1. The number of carboxylic acid groups (broad SMARTS) is 1. The van der Waals surface area contributed by atoms with Gasteiger partial charge in [-0.15, -0.1) is 0 Å². The normalized spacial score (nSPS) is 28.4. The number of carboxylic acids is 1. The molecular weight excluding hydrogens is 256 g/mol. The number of carbonyl (C=O) groups is 2. The number of hydrogen-bond donors (Lipinski definition) is 1. The molecule has 2 rings (SSSR count). The predicted molar refractivity (Wildman–Crippen MR) is 76.4 cm³/mol. The summed E-state index contributed by atoms with van der Waals surface area (Å²) in [7, 11) is 0. The Morgan fingerprint density at radius 1 is 1.15 bits per heavy atom. The van der Waals surface area contributed by atoms with Gasteiger partial charge >= 0.3 is 5.97 Å². The van der Waals surface area contributed by atoms with Crippen LogP contribution in [0.5, 0.6) is 0 Å². The van der Waals surface area contributed by atoms with Crippen LogP contribution >= 0.6 is 0 Å². The summed E-state index contributed by atoms with van der Waals surface area (Å²) in [6, 6.07) is -0.911. The quantitative estimate of drug-likeness (QED) is 0.853. The number of rotatable bonds is 3. The van der Waals surface area contributed by atoms with Crippen molar-refractivity contribution in [3.63, 3.8) is 0 Å². The van der Waals surface area contributed by atoms with Gasteiger partial charge in [0.25, 0.3) is 0 Å².